The molecule has 0 aliphatic rings. The third-order valence-electron chi connectivity index (χ3n) is 4.25. The van der Waals surface area contributed by atoms with Gasteiger partial charge in [0.15, 0.2) is 11.3 Å². The lowest BCUT2D eigenvalue weighted by Gasteiger charge is -2.08. The highest BCUT2D eigenvalue weighted by molar-refractivity contribution is 6.05. The molecule has 6 heteroatoms. The van der Waals surface area contributed by atoms with Gasteiger partial charge in [0.25, 0.3) is 5.91 Å². The predicted octanol–water partition coefficient (Wildman–Crippen LogP) is 4.35. The molecular formula is C21H14FNO4. The van der Waals surface area contributed by atoms with E-state index in [4.69, 9.17) is 9.15 Å². The van der Waals surface area contributed by atoms with Crippen LogP contribution in [-0.4, -0.2) is 13.0 Å². The summed E-state index contributed by atoms with van der Waals surface area (Å²) < 4.78 is 24.1. The summed E-state index contributed by atoms with van der Waals surface area (Å²) in [4.78, 5) is 25.0. The number of ether oxygens (including phenoxy) is 1. The lowest BCUT2D eigenvalue weighted by Crippen LogP contribution is -2.12. The molecule has 4 aromatic rings. The number of fused-ring (bicyclic) bond motifs is 2. The number of nitrogens with one attached hydrogen (secondary N) is 1. The number of halogens is 1. The van der Waals surface area contributed by atoms with Crippen molar-refractivity contribution in [3.05, 3.63) is 82.3 Å². The van der Waals surface area contributed by atoms with Crippen molar-refractivity contribution in [2.75, 3.05) is 12.4 Å². The molecule has 0 saturated heterocycles. The van der Waals surface area contributed by atoms with E-state index in [2.05, 4.69) is 5.32 Å². The third-order valence-corrected chi connectivity index (χ3v) is 4.25. The minimum absolute atomic E-state index is 0.179. The zero-order valence-corrected chi connectivity index (χ0v) is 14.3. The summed E-state index contributed by atoms with van der Waals surface area (Å²) >= 11 is 0. The first-order valence-electron chi connectivity index (χ1n) is 8.17. The number of rotatable bonds is 3. The lowest BCUT2D eigenvalue weighted by atomic mass is 10.1. The van der Waals surface area contributed by atoms with Crippen LogP contribution in [0.3, 0.4) is 0 Å². The monoisotopic (exact) mass is 363 g/mol. The highest BCUT2D eigenvalue weighted by Gasteiger charge is 2.13. The summed E-state index contributed by atoms with van der Waals surface area (Å²) in [6.45, 7) is 0. The van der Waals surface area contributed by atoms with Crippen LogP contribution in [0.1, 0.15) is 10.4 Å². The maximum Gasteiger partial charge on any atom is 0.255 e. The first kappa shape index (κ1) is 16.8. The highest BCUT2D eigenvalue weighted by atomic mass is 19.1. The van der Waals surface area contributed by atoms with Gasteiger partial charge in [-0.05, 0) is 48.5 Å². The number of amides is 1. The quantitative estimate of drug-likeness (QED) is 0.550. The van der Waals surface area contributed by atoms with Crippen molar-refractivity contribution < 1.29 is 18.3 Å². The molecule has 5 nitrogen and oxygen atoms in total. The zero-order valence-electron chi connectivity index (χ0n) is 14.3. The Morgan fingerprint density at radius 1 is 1.04 bits per heavy atom. The van der Waals surface area contributed by atoms with Gasteiger partial charge in [-0.3, -0.25) is 9.59 Å². The first-order chi connectivity index (χ1) is 13.1. The van der Waals surface area contributed by atoms with Gasteiger partial charge < -0.3 is 14.5 Å². The van der Waals surface area contributed by atoms with E-state index in [-0.39, 0.29) is 5.43 Å². The molecule has 0 aliphatic carbocycles. The Kier molecular flexibility index (Phi) is 4.08. The highest BCUT2D eigenvalue weighted by Crippen LogP contribution is 2.28. The van der Waals surface area contributed by atoms with E-state index in [9.17, 15) is 14.0 Å². The number of benzene rings is 3. The van der Waals surface area contributed by atoms with Gasteiger partial charge in [0.05, 0.1) is 17.9 Å². The zero-order chi connectivity index (χ0) is 19.0. The number of para-hydroxylation sites is 1. The summed E-state index contributed by atoms with van der Waals surface area (Å²) in [5.74, 6) is -0.359. The van der Waals surface area contributed by atoms with Crippen molar-refractivity contribution >= 4 is 33.5 Å². The van der Waals surface area contributed by atoms with Gasteiger partial charge in [-0.25, -0.2) is 4.39 Å². The molecule has 0 radical (unpaired) electrons. The Hall–Kier alpha value is -3.67. The largest absolute Gasteiger partial charge is 0.493 e. The van der Waals surface area contributed by atoms with E-state index in [1.165, 1.54) is 31.4 Å². The second kappa shape index (κ2) is 6.57. The Labute approximate surface area is 153 Å². The second-order valence-electron chi connectivity index (χ2n) is 5.94. The molecule has 0 saturated carbocycles. The molecule has 0 bridgehead atoms. The average molecular weight is 363 g/mol. The number of carbonyl (C=O) groups excluding carboxylic acids is 1. The maximum absolute atomic E-state index is 13.0. The Morgan fingerprint density at radius 2 is 1.81 bits per heavy atom. The second-order valence-corrected chi connectivity index (χ2v) is 5.94. The van der Waals surface area contributed by atoms with Gasteiger partial charge in [0.1, 0.15) is 11.4 Å². The molecule has 1 N–H and O–H groups in total. The summed E-state index contributed by atoms with van der Waals surface area (Å²) in [5, 5.41) is 3.53. The van der Waals surface area contributed by atoms with E-state index in [1.807, 2.05) is 0 Å². The van der Waals surface area contributed by atoms with Crippen molar-refractivity contribution in [2.24, 2.45) is 0 Å². The molecule has 0 unspecified atom stereocenters. The summed E-state index contributed by atoms with van der Waals surface area (Å²) in [7, 11) is 1.50. The molecule has 3 aromatic carbocycles. The van der Waals surface area contributed by atoms with Crippen LogP contribution in [0.2, 0.25) is 0 Å². The number of anilines is 1. The van der Waals surface area contributed by atoms with Crippen LogP contribution in [0.4, 0.5) is 10.1 Å². The molecule has 1 aromatic heterocycles. The number of methoxy groups -OCH3 is 1. The van der Waals surface area contributed by atoms with Gasteiger partial charge in [-0.15, -0.1) is 0 Å². The van der Waals surface area contributed by atoms with Crippen molar-refractivity contribution in [1.29, 1.82) is 0 Å². The standard InChI is InChI=1S/C21H14FNO4/c1-26-17-4-2-3-16-19(24)15-10-9-14(11-18(15)27-20(16)17)23-21(25)12-5-7-13(22)8-6-12/h2-11H,1H3,(H,23,25). The van der Waals surface area contributed by atoms with Gasteiger partial charge in [-0.1, -0.05) is 6.07 Å². The molecule has 0 atom stereocenters. The number of hydrogen-bond acceptors (Lipinski definition) is 4. The Balaban J connectivity index is 1.77. The molecule has 134 valence electrons. The minimum atomic E-state index is -0.417. The van der Waals surface area contributed by atoms with E-state index >= 15 is 0 Å². The van der Waals surface area contributed by atoms with Crippen LogP contribution in [-0.2, 0) is 0 Å². The molecule has 4 rings (SSSR count). The van der Waals surface area contributed by atoms with E-state index < -0.39 is 11.7 Å². The fraction of sp³-hybridized carbons (Fsp3) is 0.0476. The Bertz CT molecular complexity index is 1230. The maximum atomic E-state index is 13.0. The SMILES string of the molecule is COc1cccc2c(=O)c3ccc(NC(=O)c4ccc(F)cc4)cc3oc12. The third kappa shape index (κ3) is 3.01. The van der Waals surface area contributed by atoms with Crippen molar-refractivity contribution in [1.82, 2.24) is 0 Å². The lowest BCUT2D eigenvalue weighted by molar-refractivity contribution is 0.102. The molecule has 0 spiro atoms. The molecule has 0 fully saturated rings. The van der Waals surface area contributed by atoms with E-state index in [0.29, 0.717) is 38.9 Å². The molecule has 1 amide bonds. The molecule has 1 heterocycles. The Morgan fingerprint density at radius 3 is 2.56 bits per heavy atom. The smallest absolute Gasteiger partial charge is 0.255 e. The first-order valence-corrected chi connectivity index (χ1v) is 8.17. The van der Waals surface area contributed by atoms with Gasteiger partial charge in [-0.2, -0.15) is 0 Å². The summed E-state index contributed by atoms with van der Waals surface area (Å²) in [5.41, 5.74) is 1.27. The van der Waals surface area contributed by atoms with Crippen LogP contribution < -0.4 is 15.5 Å². The fourth-order valence-electron chi connectivity index (χ4n) is 2.89. The van der Waals surface area contributed by atoms with Crippen molar-refractivity contribution in [3.63, 3.8) is 0 Å². The molecule has 27 heavy (non-hydrogen) atoms. The minimum Gasteiger partial charge on any atom is -0.493 e. The normalized spacial score (nSPS) is 10.9. The topological polar surface area (TPSA) is 68.5 Å². The van der Waals surface area contributed by atoms with Crippen molar-refractivity contribution in [3.8, 4) is 5.75 Å². The summed E-state index contributed by atoms with van der Waals surface area (Å²) in [6, 6.07) is 15.1. The fourth-order valence-corrected chi connectivity index (χ4v) is 2.89. The van der Waals surface area contributed by atoms with Crippen LogP contribution in [0.5, 0.6) is 5.75 Å². The predicted molar refractivity (Wildman–Crippen MR) is 101 cm³/mol. The average Bonchev–Trinajstić information content (AvgIpc) is 2.68. The van der Waals surface area contributed by atoms with Crippen LogP contribution in [0.15, 0.2) is 69.9 Å². The molecule has 0 aliphatic heterocycles. The van der Waals surface area contributed by atoms with Gasteiger partial charge in [0, 0.05) is 17.3 Å². The van der Waals surface area contributed by atoms with Gasteiger partial charge >= 0.3 is 0 Å². The van der Waals surface area contributed by atoms with Crippen LogP contribution >= 0.6 is 0 Å². The number of hydrogen-bond donors (Lipinski definition) is 1. The van der Waals surface area contributed by atoms with Crippen LogP contribution in [0, 0.1) is 5.82 Å². The molecular weight excluding hydrogens is 349 g/mol. The van der Waals surface area contributed by atoms with E-state index in [0.717, 1.165) is 0 Å². The number of carbonyl (C=O) groups is 1. The van der Waals surface area contributed by atoms with Crippen LogP contribution in [0.25, 0.3) is 21.9 Å². The van der Waals surface area contributed by atoms with Crippen molar-refractivity contribution in [2.45, 2.75) is 0 Å². The van der Waals surface area contributed by atoms with Gasteiger partial charge in [0.2, 0.25) is 5.43 Å². The van der Waals surface area contributed by atoms with E-state index in [1.54, 1.807) is 36.4 Å². The summed E-state index contributed by atoms with van der Waals surface area (Å²) in [6.07, 6.45) is 0.